The predicted molar refractivity (Wildman–Crippen MR) is 76.2 cm³/mol. The van der Waals surface area contributed by atoms with E-state index < -0.39 is 0 Å². The second-order valence-corrected chi connectivity index (χ2v) is 4.57. The van der Waals surface area contributed by atoms with Gasteiger partial charge >= 0.3 is 0 Å². The van der Waals surface area contributed by atoms with E-state index in [1.54, 1.807) is 0 Å². The van der Waals surface area contributed by atoms with Crippen LogP contribution < -0.4 is 11.5 Å². The van der Waals surface area contributed by atoms with Crippen LogP contribution in [0.2, 0.25) is 0 Å². The van der Waals surface area contributed by atoms with Gasteiger partial charge in [0.05, 0.1) is 0 Å². The summed E-state index contributed by atoms with van der Waals surface area (Å²) in [6.07, 6.45) is 0. The topological polar surface area (TPSA) is 52.0 Å². The third-order valence-electron chi connectivity index (χ3n) is 3.46. The summed E-state index contributed by atoms with van der Waals surface area (Å²) in [5.74, 6) is 0.358. The lowest BCUT2D eigenvalue weighted by Gasteiger charge is -2.16. The Morgan fingerprint density at radius 3 is 2.17 bits per heavy atom. The minimum Gasteiger partial charge on any atom is -0.326 e. The van der Waals surface area contributed by atoms with Crippen molar-refractivity contribution in [2.24, 2.45) is 11.5 Å². The summed E-state index contributed by atoms with van der Waals surface area (Å²) < 4.78 is 0. The van der Waals surface area contributed by atoms with Gasteiger partial charge in [0.15, 0.2) is 0 Å². The van der Waals surface area contributed by atoms with Gasteiger partial charge in [0.1, 0.15) is 0 Å². The van der Waals surface area contributed by atoms with Crippen LogP contribution >= 0.6 is 0 Å². The van der Waals surface area contributed by atoms with Crippen molar-refractivity contribution >= 4 is 0 Å². The lowest BCUT2D eigenvalue weighted by molar-refractivity contribution is 0.883. The van der Waals surface area contributed by atoms with Crippen LogP contribution in [0, 0.1) is 0 Å². The molecule has 4 N–H and O–H groups in total. The normalized spacial score (nSPS) is 12.4. The van der Waals surface area contributed by atoms with E-state index in [1.165, 1.54) is 16.7 Å². The van der Waals surface area contributed by atoms with Crippen molar-refractivity contribution < 1.29 is 0 Å². The molecule has 2 nitrogen and oxygen atoms in total. The van der Waals surface area contributed by atoms with Crippen molar-refractivity contribution in [1.82, 2.24) is 0 Å². The molecule has 0 spiro atoms. The van der Waals surface area contributed by atoms with Crippen LogP contribution in [0.5, 0.6) is 0 Å². The van der Waals surface area contributed by atoms with Gasteiger partial charge < -0.3 is 11.5 Å². The van der Waals surface area contributed by atoms with Gasteiger partial charge in [0.25, 0.3) is 0 Å². The summed E-state index contributed by atoms with van der Waals surface area (Å²) in [4.78, 5) is 0. The van der Waals surface area contributed by atoms with E-state index in [9.17, 15) is 0 Å². The van der Waals surface area contributed by atoms with Crippen LogP contribution in [0.25, 0.3) is 0 Å². The molecule has 0 aliphatic heterocycles. The monoisotopic (exact) mass is 240 g/mol. The van der Waals surface area contributed by atoms with Gasteiger partial charge in [-0.1, -0.05) is 55.5 Å². The van der Waals surface area contributed by atoms with Gasteiger partial charge in [-0.2, -0.15) is 0 Å². The highest BCUT2D eigenvalue weighted by atomic mass is 14.5. The highest BCUT2D eigenvalue weighted by molar-refractivity contribution is 5.38. The Morgan fingerprint density at radius 1 is 0.889 bits per heavy atom. The van der Waals surface area contributed by atoms with Crippen LogP contribution in [0.3, 0.4) is 0 Å². The lowest BCUT2D eigenvalue weighted by Crippen LogP contribution is -2.05. The fourth-order valence-corrected chi connectivity index (χ4v) is 2.26. The fourth-order valence-electron chi connectivity index (χ4n) is 2.26. The number of benzene rings is 2. The molecule has 0 heterocycles. The van der Waals surface area contributed by atoms with Crippen LogP contribution in [-0.2, 0) is 13.1 Å². The Morgan fingerprint density at radius 2 is 1.56 bits per heavy atom. The van der Waals surface area contributed by atoms with E-state index >= 15 is 0 Å². The van der Waals surface area contributed by atoms with E-state index in [4.69, 9.17) is 11.5 Å². The highest BCUT2D eigenvalue weighted by Crippen LogP contribution is 2.26. The van der Waals surface area contributed by atoms with Gasteiger partial charge in [-0.15, -0.1) is 0 Å². The molecule has 2 rings (SSSR count). The maximum Gasteiger partial charge on any atom is 0.0181 e. The van der Waals surface area contributed by atoms with Crippen molar-refractivity contribution in [3.63, 3.8) is 0 Å². The molecule has 0 saturated heterocycles. The van der Waals surface area contributed by atoms with Gasteiger partial charge in [-0.3, -0.25) is 0 Å². The standard InChI is InChI=1S/C16H20N2/c1-12(14-8-6-13(10-17)7-9-14)16-5-3-2-4-15(16)11-18/h2-9,12H,10-11,17-18H2,1H3. The minimum atomic E-state index is 0.358. The Labute approximate surface area is 109 Å². The molecule has 0 radical (unpaired) electrons. The smallest absolute Gasteiger partial charge is 0.0181 e. The molecule has 2 heteroatoms. The van der Waals surface area contributed by atoms with E-state index in [0.29, 0.717) is 19.0 Å². The van der Waals surface area contributed by atoms with Crippen LogP contribution in [0.4, 0.5) is 0 Å². The molecule has 1 atom stereocenters. The van der Waals surface area contributed by atoms with E-state index in [1.807, 2.05) is 6.07 Å². The Balaban J connectivity index is 2.31. The van der Waals surface area contributed by atoms with Crippen LogP contribution in [0.15, 0.2) is 48.5 Å². The average molecular weight is 240 g/mol. The zero-order valence-corrected chi connectivity index (χ0v) is 10.8. The molecule has 2 aromatic rings. The molecular weight excluding hydrogens is 220 g/mol. The van der Waals surface area contributed by atoms with E-state index in [-0.39, 0.29) is 0 Å². The second kappa shape index (κ2) is 5.80. The molecular formula is C16H20N2. The Bertz CT molecular complexity index is 503. The fraction of sp³-hybridized carbons (Fsp3) is 0.250. The molecule has 0 fully saturated rings. The van der Waals surface area contributed by atoms with Crippen LogP contribution in [-0.4, -0.2) is 0 Å². The zero-order chi connectivity index (χ0) is 13.0. The predicted octanol–water partition coefficient (Wildman–Crippen LogP) is 2.76. The average Bonchev–Trinajstić information content (AvgIpc) is 2.46. The molecule has 0 aromatic heterocycles. The first-order chi connectivity index (χ1) is 8.76. The first-order valence-corrected chi connectivity index (χ1v) is 6.33. The van der Waals surface area contributed by atoms with E-state index in [0.717, 1.165) is 5.56 Å². The first-order valence-electron chi connectivity index (χ1n) is 6.33. The number of hydrogen-bond acceptors (Lipinski definition) is 2. The molecule has 0 saturated carbocycles. The molecule has 0 bridgehead atoms. The molecule has 0 aliphatic carbocycles. The summed E-state index contributed by atoms with van der Waals surface area (Å²) in [5.41, 5.74) is 16.4. The minimum absolute atomic E-state index is 0.358. The maximum atomic E-state index is 5.80. The van der Waals surface area contributed by atoms with Crippen molar-refractivity contribution in [2.45, 2.75) is 25.9 Å². The Kier molecular flexibility index (Phi) is 4.13. The maximum absolute atomic E-state index is 5.80. The summed E-state index contributed by atoms with van der Waals surface area (Å²) in [6.45, 7) is 3.39. The summed E-state index contributed by atoms with van der Waals surface area (Å²) >= 11 is 0. The van der Waals surface area contributed by atoms with Crippen molar-refractivity contribution in [2.75, 3.05) is 0 Å². The number of hydrogen-bond donors (Lipinski definition) is 2. The number of nitrogens with two attached hydrogens (primary N) is 2. The highest BCUT2D eigenvalue weighted by Gasteiger charge is 2.11. The number of rotatable bonds is 4. The van der Waals surface area contributed by atoms with E-state index in [2.05, 4.69) is 49.4 Å². The second-order valence-electron chi connectivity index (χ2n) is 4.57. The van der Waals surface area contributed by atoms with Crippen LogP contribution in [0.1, 0.15) is 35.1 Å². The molecule has 94 valence electrons. The molecule has 1 unspecified atom stereocenters. The SMILES string of the molecule is CC(c1ccc(CN)cc1)c1ccccc1CN. The largest absolute Gasteiger partial charge is 0.326 e. The van der Waals surface area contributed by atoms with Gasteiger partial charge in [-0.25, -0.2) is 0 Å². The van der Waals surface area contributed by atoms with Gasteiger partial charge in [0, 0.05) is 19.0 Å². The quantitative estimate of drug-likeness (QED) is 0.863. The Hall–Kier alpha value is -1.64. The third-order valence-corrected chi connectivity index (χ3v) is 3.46. The summed E-state index contributed by atoms with van der Waals surface area (Å²) in [5, 5.41) is 0. The molecule has 0 amide bonds. The summed E-state index contributed by atoms with van der Waals surface area (Å²) in [7, 11) is 0. The van der Waals surface area contributed by atoms with Crippen molar-refractivity contribution in [3.05, 3.63) is 70.8 Å². The van der Waals surface area contributed by atoms with Gasteiger partial charge in [0.2, 0.25) is 0 Å². The molecule has 0 aliphatic rings. The lowest BCUT2D eigenvalue weighted by atomic mass is 9.89. The molecule has 2 aromatic carbocycles. The summed E-state index contributed by atoms with van der Waals surface area (Å²) in [6, 6.07) is 16.9. The van der Waals surface area contributed by atoms with Crippen molar-refractivity contribution in [1.29, 1.82) is 0 Å². The zero-order valence-electron chi connectivity index (χ0n) is 10.8. The van der Waals surface area contributed by atoms with Crippen molar-refractivity contribution in [3.8, 4) is 0 Å². The van der Waals surface area contributed by atoms with Gasteiger partial charge in [-0.05, 0) is 22.3 Å². The third kappa shape index (κ3) is 2.61. The molecule has 18 heavy (non-hydrogen) atoms. The first kappa shape index (κ1) is 12.8.